The quantitative estimate of drug-likeness (QED) is 0.786. The number of ether oxygens (including phenoxy) is 1. The average Bonchev–Trinajstić information content (AvgIpc) is 2.46. The molecule has 0 aromatic heterocycles. The summed E-state index contributed by atoms with van der Waals surface area (Å²) in [5.41, 5.74) is 1.00. The van der Waals surface area contributed by atoms with Crippen molar-refractivity contribution in [3.05, 3.63) is 36.4 Å². The zero-order valence-corrected chi connectivity index (χ0v) is 10.8. The van der Waals surface area contributed by atoms with Gasteiger partial charge in [-0.3, -0.25) is 0 Å². The van der Waals surface area contributed by atoms with Gasteiger partial charge in [0.2, 0.25) is 0 Å². The average molecular weight is 247 g/mol. The Kier molecular flexibility index (Phi) is 4.65. The van der Waals surface area contributed by atoms with Crippen molar-refractivity contribution in [3.8, 4) is 5.75 Å². The van der Waals surface area contributed by atoms with Crippen LogP contribution in [0.15, 0.2) is 36.4 Å². The molecule has 3 nitrogen and oxygen atoms in total. The number of aliphatic hydroxyl groups is 1. The lowest BCUT2D eigenvalue weighted by molar-refractivity contribution is 0.230. The van der Waals surface area contributed by atoms with Crippen LogP contribution >= 0.6 is 0 Å². The monoisotopic (exact) mass is 247 g/mol. The third kappa shape index (κ3) is 3.26. The van der Waals surface area contributed by atoms with Gasteiger partial charge in [0, 0.05) is 11.8 Å². The zero-order chi connectivity index (χ0) is 12.8. The number of benzene rings is 1. The highest BCUT2D eigenvalue weighted by molar-refractivity contribution is 5.49. The van der Waals surface area contributed by atoms with Gasteiger partial charge in [-0.1, -0.05) is 18.2 Å². The van der Waals surface area contributed by atoms with Gasteiger partial charge < -0.3 is 15.2 Å². The van der Waals surface area contributed by atoms with Crippen molar-refractivity contribution in [2.45, 2.75) is 25.3 Å². The van der Waals surface area contributed by atoms with E-state index in [1.807, 2.05) is 24.3 Å². The lowest BCUT2D eigenvalue weighted by Crippen LogP contribution is -2.33. The summed E-state index contributed by atoms with van der Waals surface area (Å²) in [6, 6.07) is 7.95. The smallest absolute Gasteiger partial charge is 0.120 e. The summed E-state index contributed by atoms with van der Waals surface area (Å²) in [6.45, 7) is 0.162. The molecule has 2 rings (SSSR count). The van der Waals surface area contributed by atoms with Crippen molar-refractivity contribution in [3.63, 3.8) is 0 Å². The summed E-state index contributed by atoms with van der Waals surface area (Å²) in [5, 5.41) is 13.0. The minimum absolute atomic E-state index is 0.113. The van der Waals surface area contributed by atoms with Crippen LogP contribution in [0.4, 0.5) is 5.69 Å². The summed E-state index contributed by atoms with van der Waals surface area (Å²) in [5.74, 6) is 1.34. The molecule has 0 fully saturated rings. The number of methoxy groups -OCH3 is 1. The maximum atomic E-state index is 9.55. The van der Waals surface area contributed by atoms with Crippen molar-refractivity contribution >= 4 is 5.69 Å². The van der Waals surface area contributed by atoms with Gasteiger partial charge in [-0.25, -0.2) is 0 Å². The number of anilines is 1. The maximum Gasteiger partial charge on any atom is 0.120 e. The molecule has 2 N–H and O–H groups in total. The second-order valence-electron chi connectivity index (χ2n) is 4.71. The Labute approximate surface area is 108 Å². The van der Waals surface area contributed by atoms with E-state index in [1.54, 1.807) is 7.11 Å². The van der Waals surface area contributed by atoms with Crippen LogP contribution in [0.2, 0.25) is 0 Å². The molecule has 0 spiro atoms. The largest absolute Gasteiger partial charge is 0.497 e. The number of hydrogen-bond acceptors (Lipinski definition) is 3. The van der Waals surface area contributed by atoms with Crippen LogP contribution in [-0.4, -0.2) is 24.9 Å². The lowest BCUT2D eigenvalue weighted by Gasteiger charge is -2.28. The van der Waals surface area contributed by atoms with E-state index in [1.165, 1.54) is 0 Å². The van der Waals surface area contributed by atoms with E-state index in [9.17, 15) is 5.11 Å². The Morgan fingerprint density at radius 2 is 2.33 bits per heavy atom. The summed E-state index contributed by atoms with van der Waals surface area (Å²) >= 11 is 0. The standard InChI is InChI=1S/C15H21NO2/c1-18-14-9-5-8-13(10-14)16-15(11-17)12-6-3-2-4-7-12/h2-3,5,8-10,12,15-17H,4,6-7,11H2,1H3. The van der Waals surface area contributed by atoms with Crippen LogP contribution in [-0.2, 0) is 0 Å². The van der Waals surface area contributed by atoms with Gasteiger partial charge in [0.05, 0.1) is 19.8 Å². The predicted octanol–water partition coefficient (Wildman–Crippen LogP) is 2.82. The van der Waals surface area contributed by atoms with Gasteiger partial charge >= 0.3 is 0 Å². The van der Waals surface area contributed by atoms with Crippen molar-refractivity contribution in [1.29, 1.82) is 0 Å². The first kappa shape index (κ1) is 13.0. The first-order chi connectivity index (χ1) is 8.83. The van der Waals surface area contributed by atoms with Crippen molar-refractivity contribution in [2.24, 2.45) is 5.92 Å². The number of nitrogens with one attached hydrogen (secondary N) is 1. The molecule has 1 aromatic rings. The van der Waals surface area contributed by atoms with Crippen LogP contribution < -0.4 is 10.1 Å². The fourth-order valence-corrected chi connectivity index (χ4v) is 2.42. The van der Waals surface area contributed by atoms with Crippen LogP contribution in [0.1, 0.15) is 19.3 Å². The van der Waals surface area contributed by atoms with Crippen LogP contribution in [0.3, 0.4) is 0 Å². The third-order valence-corrected chi connectivity index (χ3v) is 3.50. The molecular formula is C15H21NO2. The van der Waals surface area contributed by atoms with Gasteiger partial charge in [0.15, 0.2) is 0 Å². The first-order valence-corrected chi connectivity index (χ1v) is 6.50. The molecule has 0 aliphatic heterocycles. The van der Waals surface area contributed by atoms with Gasteiger partial charge in [-0.05, 0) is 37.3 Å². The minimum atomic E-state index is 0.113. The summed E-state index contributed by atoms with van der Waals surface area (Å²) in [4.78, 5) is 0. The Bertz CT molecular complexity index is 403. The molecular weight excluding hydrogens is 226 g/mol. The maximum absolute atomic E-state index is 9.55. The summed E-state index contributed by atoms with van der Waals surface area (Å²) < 4.78 is 5.20. The van der Waals surface area contributed by atoms with Crippen LogP contribution in [0.25, 0.3) is 0 Å². The molecule has 1 aliphatic carbocycles. The van der Waals surface area contributed by atoms with E-state index in [2.05, 4.69) is 17.5 Å². The van der Waals surface area contributed by atoms with Crippen molar-refractivity contribution < 1.29 is 9.84 Å². The lowest BCUT2D eigenvalue weighted by atomic mass is 9.88. The van der Waals surface area contributed by atoms with E-state index in [0.29, 0.717) is 5.92 Å². The van der Waals surface area contributed by atoms with Gasteiger partial charge in [0.25, 0.3) is 0 Å². The topological polar surface area (TPSA) is 41.5 Å². The predicted molar refractivity (Wildman–Crippen MR) is 74.0 cm³/mol. The van der Waals surface area contributed by atoms with E-state index in [0.717, 1.165) is 30.7 Å². The van der Waals surface area contributed by atoms with Gasteiger partial charge in [0.1, 0.15) is 5.75 Å². The van der Waals surface area contributed by atoms with Crippen LogP contribution in [0, 0.1) is 5.92 Å². The highest BCUT2D eigenvalue weighted by Gasteiger charge is 2.20. The molecule has 0 heterocycles. The number of allylic oxidation sites excluding steroid dienone is 2. The van der Waals surface area contributed by atoms with E-state index < -0.39 is 0 Å². The molecule has 0 amide bonds. The second kappa shape index (κ2) is 6.45. The van der Waals surface area contributed by atoms with Crippen LogP contribution in [0.5, 0.6) is 5.75 Å². The summed E-state index contributed by atoms with van der Waals surface area (Å²) in [6.07, 6.45) is 7.72. The first-order valence-electron chi connectivity index (χ1n) is 6.50. The van der Waals surface area contributed by atoms with E-state index in [-0.39, 0.29) is 12.6 Å². The Morgan fingerprint density at radius 3 is 3.00 bits per heavy atom. The fraction of sp³-hybridized carbons (Fsp3) is 0.467. The number of rotatable bonds is 5. The molecule has 0 saturated heterocycles. The molecule has 3 heteroatoms. The Morgan fingerprint density at radius 1 is 1.44 bits per heavy atom. The molecule has 1 aromatic carbocycles. The SMILES string of the molecule is COc1cccc(NC(CO)C2CC=CCC2)c1. The fourth-order valence-electron chi connectivity index (χ4n) is 2.42. The number of aliphatic hydroxyl groups excluding tert-OH is 1. The van der Waals surface area contributed by atoms with E-state index in [4.69, 9.17) is 4.74 Å². The van der Waals surface area contributed by atoms with Crippen molar-refractivity contribution in [1.82, 2.24) is 0 Å². The molecule has 18 heavy (non-hydrogen) atoms. The van der Waals surface area contributed by atoms with Gasteiger partial charge in [-0.15, -0.1) is 0 Å². The normalized spacial score (nSPS) is 20.4. The molecule has 1 aliphatic rings. The molecule has 0 bridgehead atoms. The zero-order valence-electron chi connectivity index (χ0n) is 10.8. The Balaban J connectivity index is 2.02. The molecule has 98 valence electrons. The highest BCUT2D eigenvalue weighted by atomic mass is 16.5. The molecule has 0 saturated carbocycles. The molecule has 2 unspecified atom stereocenters. The van der Waals surface area contributed by atoms with Gasteiger partial charge in [-0.2, -0.15) is 0 Å². The second-order valence-corrected chi connectivity index (χ2v) is 4.71. The molecule has 2 atom stereocenters. The summed E-state index contributed by atoms with van der Waals surface area (Å²) in [7, 11) is 1.66. The third-order valence-electron chi connectivity index (χ3n) is 3.50. The van der Waals surface area contributed by atoms with Crippen molar-refractivity contribution in [2.75, 3.05) is 19.0 Å². The Hall–Kier alpha value is -1.48. The number of hydrogen-bond donors (Lipinski definition) is 2. The van der Waals surface area contributed by atoms with E-state index >= 15 is 0 Å². The molecule has 0 radical (unpaired) electrons. The minimum Gasteiger partial charge on any atom is -0.497 e. The highest BCUT2D eigenvalue weighted by Crippen LogP contribution is 2.25.